The molecule has 0 radical (unpaired) electrons. The number of nitrogens with zero attached hydrogens (tertiary/aromatic N) is 4. The average molecular weight is 438 g/mol. The summed E-state index contributed by atoms with van der Waals surface area (Å²) in [6.45, 7) is 3.16. The highest BCUT2D eigenvalue weighted by molar-refractivity contribution is 7.19. The summed E-state index contributed by atoms with van der Waals surface area (Å²) in [5.74, 6) is 1.22. The molecule has 4 aromatic rings. The van der Waals surface area contributed by atoms with E-state index >= 15 is 0 Å². The van der Waals surface area contributed by atoms with Gasteiger partial charge in [0.2, 0.25) is 0 Å². The van der Waals surface area contributed by atoms with Crippen molar-refractivity contribution < 1.29 is 4.74 Å². The molecule has 0 bridgehead atoms. The normalized spacial score (nSPS) is 22.9. The second-order valence-corrected chi connectivity index (χ2v) is 9.39. The first-order valence-electron chi connectivity index (χ1n) is 10.6. The number of thiophene rings is 1. The third kappa shape index (κ3) is 3.13. The summed E-state index contributed by atoms with van der Waals surface area (Å²) in [7, 11) is 2.12. The van der Waals surface area contributed by atoms with Crippen molar-refractivity contribution in [2.24, 2.45) is 5.92 Å². The fraction of sp³-hybridized carbons (Fsp3) is 0.429. The zero-order valence-electron chi connectivity index (χ0n) is 17.3. The van der Waals surface area contributed by atoms with Crippen LogP contribution in [0.2, 0.25) is 0 Å². The molecule has 3 N–H and O–H groups in total. The molecule has 10 heteroatoms. The largest absolute Gasteiger partial charge is 0.353 e. The van der Waals surface area contributed by atoms with Gasteiger partial charge in [0.25, 0.3) is 5.56 Å². The minimum absolute atomic E-state index is 0.218. The highest BCUT2D eigenvalue weighted by atomic mass is 32.1. The maximum Gasteiger partial charge on any atom is 0.273 e. The predicted octanol–water partition coefficient (Wildman–Crippen LogP) is 2.78. The van der Waals surface area contributed by atoms with Crippen LogP contribution in [0.5, 0.6) is 0 Å². The smallest absolute Gasteiger partial charge is 0.273 e. The SMILES string of the molecule is CCN(C)C1OC1C1CCc2c(sc3ncnc(Nc4cc5cn[nH]c5[nH]c4=O)c23)C1. The Morgan fingerprint density at radius 1 is 1.39 bits per heavy atom. The maximum absolute atomic E-state index is 12.5. The van der Waals surface area contributed by atoms with E-state index < -0.39 is 0 Å². The summed E-state index contributed by atoms with van der Waals surface area (Å²) in [5.41, 5.74) is 2.14. The lowest BCUT2D eigenvalue weighted by molar-refractivity contribution is 0.214. The van der Waals surface area contributed by atoms with Crippen molar-refractivity contribution in [1.29, 1.82) is 0 Å². The molecule has 6 rings (SSSR count). The van der Waals surface area contributed by atoms with Crippen LogP contribution in [-0.2, 0) is 17.6 Å². The number of H-pyrrole nitrogens is 2. The first kappa shape index (κ1) is 18.9. The number of ether oxygens (including phenoxy) is 1. The fourth-order valence-electron chi connectivity index (χ4n) is 4.63. The quantitative estimate of drug-likeness (QED) is 0.411. The summed E-state index contributed by atoms with van der Waals surface area (Å²) < 4.78 is 5.99. The van der Waals surface area contributed by atoms with Gasteiger partial charge in [0, 0.05) is 10.3 Å². The third-order valence-corrected chi connectivity index (χ3v) is 7.65. The molecule has 31 heavy (non-hydrogen) atoms. The van der Waals surface area contributed by atoms with E-state index in [1.165, 1.54) is 10.4 Å². The summed E-state index contributed by atoms with van der Waals surface area (Å²) in [6, 6.07) is 1.79. The van der Waals surface area contributed by atoms with Gasteiger partial charge in [-0.15, -0.1) is 11.3 Å². The van der Waals surface area contributed by atoms with E-state index in [2.05, 4.69) is 49.3 Å². The number of fused-ring (bicyclic) bond motifs is 4. The number of epoxide rings is 1. The molecule has 0 amide bonds. The first-order valence-corrected chi connectivity index (χ1v) is 11.4. The van der Waals surface area contributed by atoms with Gasteiger partial charge in [-0.05, 0) is 50.4 Å². The van der Waals surface area contributed by atoms with Gasteiger partial charge < -0.3 is 15.0 Å². The minimum atomic E-state index is -0.218. The van der Waals surface area contributed by atoms with Crippen LogP contribution in [0.1, 0.15) is 23.8 Å². The lowest BCUT2D eigenvalue weighted by Crippen LogP contribution is -2.27. The Balaban J connectivity index is 1.32. The number of aromatic amines is 2. The van der Waals surface area contributed by atoms with Gasteiger partial charge >= 0.3 is 0 Å². The summed E-state index contributed by atoms with van der Waals surface area (Å²) in [5, 5.41) is 11.9. The molecule has 0 saturated carbocycles. The van der Waals surface area contributed by atoms with Crippen molar-refractivity contribution in [2.75, 3.05) is 18.9 Å². The van der Waals surface area contributed by atoms with Crippen molar-refractivity contribution in [3.05, 3.63) is 39.4 Å². The van der Waals surface area contributed by atoms with E-state index in [0.717, 1.165) is 41.4 Å². The van der Waals surface area contributed by atoms with Crippen molar-refractivity contribution in [3.63, 3.8) is 0 Å². The number of nitrogens with one attached hydrogen (secondary N) is 3. The van der Waals surface area contributed by atoms with Crippen molar-refractivity contribution in [2.45, 2.75) is 38.5 Å². The van der Waals surface area contributed by atoms with Gasteiger partial charge in [0.05, 0.1) is 11.6 Å². The number of likely N-dealkylation sites (N-methyl/N-ethyl adjacent to an activating group) is 1. The molecule has 0 aromatic carbocycles. The molecule has 2 aliphatic rings. The number of anilines is 2. The van der Waals surface area contributed by atoms with E-state index in [9.17, 15) is 4.79 Å². The molecule has 0 spiro atoms. The minimum Gasteiger partial charge on any atom is -0.353 e. The maximum atomic E-state index is 12.5. The van der Waals surface area contributed by atoms with Gasteiger partial charge in [-0.3, -0.25) is 14.8 Å². The monoisotopic (exact) mass is 437 g/mol. The Hall–Kier alpha value is -2.82. The number of pyridine rings is 1. The lowest BCUT2D eigenvalue weighted by Gasteiger charge is -2.21. The molecule has 3 atom stereocenters. The second kappa shape index (κ2) is 7.11. The lowest BCUT2D eigenvalue weighted by atomic mass is 9.85. The standard InChI is InChI=1S/C21H23N7O2S/c1-3-28(2)21-16(30-21)10-4-5-12-14(7-10)31-20-15(12)18(22-9-23-20)25-13-6-11-8-24-27-17(11)26-19(13)29/h6,8-10,16,21H,3-5,7H2,1-2H3,(H,22,23,25)(H2,24,26,27,29). The summed E-state index contributed by atoms with van der Waals surface area (Å²) >= 11 is 1.74. The molecule has 1 saturated heterocycles. The van der Waals surface area contributed by atoms with Crippen LogP contribution in [0, 0.1) is 5.92 Å². The number of hydrogen-bond donors (Lipinski definition) is 3. The van der Waals surface area contributed by atoms with Crippen molar-refractivity contribution >= 4 is 44.1 Å². The molecule has 1 aliphatic carbocycles. The molecule has 9 nitrogen and oxygen atoms in total. The van der Waals surface area contributed by atoms with Gasteiger partial charge in [-0.25, -0.2) is 9.97 Å². The number of aromatic nitrogens is 5. The van der Waals surface area contributed by atoms with E-state index in [-0.39, 0.29) is 11.8 Å². The van der Waals surface area contributed by atoms with Crippen LogP contribution < -0.4 is 10.9 Å². The number of aryl methyl sites for hydroxylation is 1. The Morgan fingerprint density at radius 3 is 3.16 bits per heavy atom. The zero-order valence-corrected chi connectivity index (χ0v) is 18.1. The second-order valence-electron chi connectivity index (χ2n) is 8.31. The van der Waals surface area contributed by atoms with Gasteiger partial charge in [-0.2, -0.15) is 5.10 Å². The molecule has 4 aromatic heterocycles. The Morgan fingerprint density at radius 2 is 2.29 bits per heavy atom. The van der Waals surface area contributed by atoms with Crippen LogP contribution in [0.3, 0.4) is 0 Å². The molecular weight excluding hydrogens is 414 g/mol. The Kier molecular flexibility index (Phi) is 4.34. The Bertz CT molecular complexity index is 1340. The first-order chi connectivity index (χ1) is 15.1. The fourth-order valence-corrected chi connectivity index (χ4v) is 5.91. The molecule has 3 unspecified atom stereocenters. The third-order valence-electron chi connectivity index (χ3n) is 6.49. The topological polar surface area (TPSA) is 115 Å². The van der Waals surface area contributed by atoms with E-state index in [0.29, 0.717) is 29.2 Å². The zero-order chi connectivity index (χ0) is 21.1. The van der Waals surface area contributed by atoms with Crippen molar-refractivity contribution in [3.8, 4) is 0 Å². The highest BCUT2D eigenvalue weighted by Crippen LogP contribution is 2.44. The molecule has 5 heterocycles. The van der Waals surface area contributed by atoms with Gasteiger partial charge in [-0.1, -0.05) is 6.92 Å². The van der Waals surface area contributed by atoms with E-state index in [1.807, 2.05) is 0 Å². The summed E-state index contributed by atoms with van der Waals surface area (Å²) in [6.07, 6.45) is 6.90. The number of hydrogen-bond acceptors (Lipinski definition) is 8. The predicted molar refractivity (Wildman–Crippen MR) is 120 cm³/mol. The van der Waals surface area contributed by atoms with Crippen molar-refractivity contribution in [1.82, 2.24) is 30.0 Å². The Labute approximate surface area is 181 Å². The average Bonchev–Trinajstić information content (AvgIpc) is 3.30. The van der Waals surface area contributed by atoms with E-state index in [1.54, 1.807) is 29.9 Å². The van der Waals surface area contributed by atoms with Crippen LogP contribution in [0.4, 0.5) is 11.5 Å². The molecule has 1 fully saturated rings. The molecule has 1 aliphatic heterocycles. The van der Waals surface area contributed by atoms with E-state index in [4.69, 9.17) is 4.74 Å². The van der Waals surface area contributed by atoms with Gasteiger partial charge in [0.15, 0.2) is 0 Å². The van der Waals surface area contributed by atoms with Crippen LogP contribution >= 0.6 is 11.3 Å². The highest BCUT2D eigenvalue weighted by Gasteiger charge is 2.47. The number of rotatable bonds is 5. The molecular formula is C21H23N7O2S. The van der Waals surface area contributed by atoms with Crippen LogP contribution in [-0.4, -0.2) is 56.0 Å². The van der Waals surface area contributed by atoms with Crippen LogP contribution in [0.15, 0.2) is 23.4 Å². The molecule has 160 valence electrons. The summed E-state index contributed by atoms with van der Waals surface area (Å²) in [4.78, 5) is 28.9. The van der Waals surface area contributed by atoms with Gasteiger partial charge in [0.1, 0.15) is 40.6 Å². The van der Waals surface area contributed by atoms with Crippen LogP contribution in [0.25, 0.3) is 21.3 Å².